The highest BCUT2D eigenvalue weighted by molar-refractivity contribution is 7.71. The number of hydrogen-bond acceptors (Lipinski definition) is 6. The fourth-order valence-corrected chi connectivity index (χ4v) is 3.35. The van der Waals surface area contributed by atoms with Crippen molar-refractivity contribution >= 4 is 30.4 Å². The molecule has 1 atom stereocenters. The van der Waals surface area contributed by atoms with Crippen LogP contribution in [0.2, 0.25) is 5.02 Å². The molecular weight excluding hydrogens is 442 g/mol. The second-order valence-electron chi connectivity index (χ2n) is 5.42. The Balaban J connectivity index is 2.45. The maximum absolute atomic E-state index is 12.7. The molecule has 0 aromatic heterocycles. The Kier molecular flexibility index (Phi) is 6.69. The predicted octanol–water partition coefficient (Wildman–Crippen LogP) is 5.42. The lowest BCUT2D eigenvalue weighted by Crippen LogP contribution is -2.07. The zero-order valence-electron chi connectivity index (χ0n) is 14.5. The normalized spacial score (nSPS) is 13.6. The smallest absolute Gasteiger partial charge is 0.416 e. The molecule has 8 nitrogen and oxygen atoms in total. The number of benzene rings is 2. The topological polar surface area (TPSA) is 116 Å². The first kappa shape index (κ1) is 22.8. The minimum absolute atomic E-state index is 0.232. The molecule has 13 heteroatoms. The van der Waals surface area contributed by atoms with Crippen LogP contribution in [0.5, 0.6) is 11.5 Å². The highest BCUT2D eigenvalue weighted by atomic mass is 35.5. The lowest BCUT2D eigenvalue weighted by molar-refractivity contribution is -0.385. The zero-order valence-corrected chi connectivity index (χ0v) is 16.1. The number of carbonyl (C=O) groups excluding carboxylic acids is 1. The first-order valence-corrected chi connectivity index (χ1v) is 9.67. The number of rotatable bonds is 7. The summed E-state index contributed by atoms with van der Waals surface area (Å²) < 4.78 is 59.8. The van der Waals surface area contributed by atoms with Crippen LogP contribution < -0.4 is 4.74 Å². The molecule has 0 amide bonds. The summed E-state index contributed by atoms with van der Waals surface area (Å²) in [5.74, 6) is -0.471. The van der Waals surface area contributed by atoms with Crippen molar-refractivity contribution < 1.29 is 41.6 Å². The van der Waals surface area contributed by atoms with Crippen molar-refractivity contribution in [2.24, 2.45) is 0 Å². The van der Waals surface area contributed by atoms with Gasteiger partial charge in [-0.25, -0.2) is 0 Å². The first-order chi connectivity index (χ1) is 13.4. The summed E-state index contributed by atoms with van der Waals surface area (Å²) in [7, 11) is -4.86. The van der Waals surface area contributed by atoms with E-state index in [1.807, 2.05) is 0 Å². The third-order valence-electron chi connectivity index (χ3n) is 3.44. The summed E-state index contributed by atoms with van der Waals surface area (Å²) in [6, 6.07) is 4.93. The molecule has 1 unspecified atom stereocenters. The van der Waals surface area contributed by atoms with Gasteiger partial charge in [0.2, 0.25) is 0 Å². The highest BCUT2D eigenvalue weighted by Gasteiger charge is 2.36. The van der Waals surface area contributed by atoms with Gasteiger partial charge in [-0.05, 0) is 37.3 Å². The molecule has 2 aromatic carbocycles. The maximum atomic E-state index is 12.7. The second-order valence-corrected chi connectivity index (χ2v) is 7.54. The number of nitro benzene ring substituents is 1. The van der Waals surface area contributed by atoms with E-state index in [0.29, 0.717) is 12.1 Å². The molecule has 0 spiro atoms. The Bertz CT molecular complexity index is 1010. The summed E-state index contributed by atoms with van der Waals surface area (Å²) in [5.41, 5.74) is -4.10. The Morgan fingerprint density at radius 2 is 1.93 bits per heavy atom. The van der Waals surface area contributed by atoms with Gasteiger partial charge in [0.1, 0.15) is 17.1 Å². The van der Waals surface area contributed by atoms with E-state index < -0.39 is 46.1 Å². The molecule has 0 aliphatic carbocycles. The van der Waals surface area contributed by atoms with Gasteiger partial charge in [0, 0.05) is 6.07 Å². The SMILES string of the molecule is CCOP(=O)(O)C(=O)c1cc(Oc2ccc(C(F)(F)F)cc2Cl)ccc1[N+](=O)[O-]. The van der Waals surface area contributed by atoms with E-state index >= 15 is 0 Å². The molecule has 1 N–H and O–H groups in total. The van der Waals surface area contributed by atoms with Crippen LogP contribution in [-0.4, -0.2) is 21.9 Å². The fraction of sp³-hybridized carbons (Fsp3) is 0.188. The van der Waals surface area contributed by atoms with Crippen LogP contribution in [0.3, 0.4) is 0 Å². The third kappa shape index (κ3) is 5.33. The van der Waals surface area contributed by atoms with Crippen LogP contribution >= 0.6 is 19.2 Å². The van der Waals surface area contributed by atoms with Crippen LogP contribution in [0, 0.1) is 10.1 Å². The minimum Gasteiger partial charge on any atom is -0.456 e. The quantitative estimate of drug-likeness (QED) is 0.338. The van der Waals surface area contributed by atoms with Crippen molar-refractivity contribution in [1.29, 1.82) is 0 Å². The van der Waals surface area contributed by atoms with Gasteiger partial charge < -0.3 is 14.2 Å². The van der Waals surface area contributed by atoms with Crippen molar-refractivity contribution in [3.63, 3.8) is 0 Å². The summed E-state index contributed by atoms with van der Waals surface area (Å²) in [5, 5.41) is 10.7. The molecule has 0 heterocycles. The zero-order chi connectivity index (χ0) is 22.0. The predicted molar refractivity (Wildman–Crippen MR) is 95.4 cm³/mol. The maximum Gasteiger partial charge on any atom is 0.416 e. The number of halogens is 4. The largest absolute Gasteiger partial charge is 0.456 e. The van der Waals surface area contributed by atoms with Gasteiger partial charge in [-0.3, -0.25) is 19.5 Å². The van der Waals surface area contributed by atoms with Gasteiger partial charge in [-0.1, -0.05) is 11.6 Å². The fourth-order valence-electron chi connectivity index (χ4n) is 2.18. The molecule has 0 saturated carbocycles. The van der Waals surface area contributed by atoms with E-state index in [1.54, 1.807) is 0 Å². The molecule has 0 aliphatic rings. The minimum atomic E-state index is -4.86. The van der Waals surface area contributed by atoms with Gasteiger partial charge in [-0.15, -0.1) is 0 Å². The monoisotopic (exact) mass is 453 g/mol. The lowest BCUT2D eigenvalue weighted by Gasteiger charge is -2.13. The summed E-state index contributed by atoms with van der Waals surface area (Å²) in [6.45, 7) is 1.04. The van der Waals surface area contributed by atoms with Crippen LogP contribution in [0.4, 0.5) is 18.9 Å². The second kappa shape index (κ2) is 8.50. The van der Waals surface area contributed by atoms with Crippen molar-refractivity contribution in [3.8, 4) is 11.5 Å². The van der Waals surface area contributed by atoms with Crippen LogP contribution in [0.1, 0.15) is 22.8 Å². The molecule has 0 saturated heterocycles. The first-order valence-electron chi connectivity index (χ1n) is 7.72. The lowest BCUT2D eigenvalue weighted by atomic mass is 10.2. The van der Waals surface area contributed by atoms with E-state index in [4.69, 9.17) is 16.3 Å². The van der Waals surface area contributed by atoms with Crippen LogP contribution in [0.15, 0.2) is 36.4 Å². The average molecular weight is 454 g/mol. The van der Waals surface area contributed by atoms with Gasteiger partial charge in [-0.2, -0.15) is 13.2 Å². The number of alkyl halides is 3. The molecule has 2 aromatic rings. The van der Waals surface area contributed by atoms with E-state index in [0.717, 1.165) is 24.3 Å². The number of ether oxygens (including phenoxy) is 1. The third-order valence-corrected chi connectivity index (χ3v) is 5.10. The van der Waals surface area contributed by atoms with E-state index in [1.165, 1.54) is 6.92 Å². The van der Waals surface area contributed by atoms with Gasteiger partial charge in [0.15, 0.2) is 0 Å². The molecule has 0 aliphatic heterocycles. The molecule has 156 valence electrons. The van der Waals surface area contributed by atoms with Gasteiger partial charge in [0.05, 0.1) is 22.1 Å². The number of nitro groups is 1. The summed E-state index contributed by atoms with van der Waals surface area (Å²) >= 11 is 5.78. The van der Waals surface area contributed by atoms with Crippen LogP contribution in [0.25, 0.3) is 0 Å². The molecule has 0 radical (unpaired) electrons. The van der Waals surface area contributed by atoms with Gasteiger partial charge in [0.25, 0.3) is 11.2 Å². The summed E-state index contributed by atoms with van der Waals surface area (Å²) in [6.07, 6.45) is -4.63. The average Bonchev–Trinajstić information content (AvgIpc) is 2.61. The van der Waals surface area contributed by atoms with E-state index in [2.05, 4.69) is 4.52 Å². The standard InChI is InChI=1S/C16H12ClF3NO7P/c1-2-27-29(25,26)15(22)11-8-10(4-5-13(11)21(23)24)28-14-6-3-9(7-12(14)17)16(18,19)20/h3-8H,2H2,1H3,(H,25,26). The van der Waals surface area contributed by atoms with E-state index in [-0.39, 0.29) is 18.1 Å². The molecule has 0 fully saturated rings. The molecule has 0 bridgehead atoms. The Labute approximate surface area is 166 Å². The number of hydrogen-bond donors (Lipinski definition) is 1. The van der Waals surface area contributed by atoms with Crippen molar-refractivity contribution in [3.05, 3.63) is 62.7 Å². The van der Waals surface area contributed by atoms with Gasteiger partial charge >= 0.3 is 13.8 Å². The Morgan fingerprint density at radius 1 is 1.28 bits per heavy atom. The molecule has 2 rings (SSSR count). The van der Waals surface area contributed by atoms with Crippen molar-refractivity contribution in [2.75, 3.05) is 6.61 Å². The molecule has 29 heavy (non-hydrogen) atoms. The highest BCUT2D eigenvalue weighted by Crippen LogP contribution is 2.47. The van der Waals surface area contributed by atoms with Crippen LogP contribution in [-0.2, 0) is 15.3 Å². The van der Waals surface area contributed by atoms with Crippen molar-refractivity contribution in [2.45, 2.75) is 13.1 Å². The van der Waals surface area contributed by atoms with Crippen molar-refractivity contribution in [1.82, 2.24) is 0 Å². The Hall–Kier alpha value is -2.46. The number of carbonyl (C=O) groups is 1. The molecular formula is C16H12ClF3NO7P. The Morgan fingerprint density at radius 3 is 2.45 bits per heavy atom. The summed E-state index contributed by atoms with van der Waals surface area (Å²) in [4.78, 5) is 32.1. The number of nitrogens with zero attached hydrogens (tertiary/aromatic N) is 1. The van der Waals surface area contributed by atoms with E-state index in [9.17, 15) is 37.5 Å².